The zero-order valence-electron chi connectivity index (χ0n) is 15.6. The standard InChI is InChI=1S/C22H22N4O2/c27-21(26-13-11-25(12-14-26)20-7-3-4-10-23-20)16-24-22(28)19-9-8-17-5-1-2-6-18(17)15-19/h1-10,15H,11-14,16H2,(H,24,28)/p+1. The van der Waals surface area contributed by atoms with E-state index in [1.807, 2.05) is 60.8 Å². The van der Waals surface area contributed by atoms with Crippen molar-refractivity contribution in [3.63, 3.8) is 0 Å². The molecule has 0 spiro atoms. The number of carbonyl (C=O) groups excluding carboxylic acids is 2. The van der Waals surface area contributed by atoms with E-state index in [1.165, 1.54) is 0 Å². The van der Waals surface area contributed by atoms with Crippen molar-refractivity contribution >= 4 is 28.4 Å². The predicted molar refractivity (Wildman–Crippen MR) is 108 cm³/mol. The summed E-state index contributed by atoms with van der Waals surface area (Å²) in [5.41, 5.74) is 0.566. The fourth-order valence-electron chi connectivity index (χ4n) is 3.48. The van der Waals surface area contributed by atoms with Gasteiger partial charge >= 0.3 is 0 Å². The number of benzene rings is 2. The molecule has 3 aromatic rings. The van der Waals surface area contributed by atoms with Crippen LogP contribution in [0.3, 0.4) is 0 Å². The van der Waals surface area contributed by atoms with E-state index in [0.717, 1.165) is 29.7 Å². The third-order valence-electron chi connectivity index (χ3n) is 5.08. The first-order valence-corrected chi connectivity index (χ1v) is 9.47. The quantitative estimate of drug-likeness (QED) is 0.755. The number of piperazine rings is 1. The molecule has 6 heteroatoms. The summed E-state index contributed by atoms with van der Waals surface area (Å²) in [7, 11) is 0. The van der Waals surface area contributed by atoms with Crippen LogP contribution in [0.5, 0.6) is 0 Å². The number of fused-ring (bicyclic) bond motifs is 1. The Morgan fingerprint density at radius 2 is 1.64 bits per heavy atom. The van der Waals surface area contributed by atoms with Crippen molar-refractivity contribution in [2.24, 2.45) is 0 Å². The zero-order chi connectivity index (χ0) is 19.3. The van der Waals surface area contributed by atoms with Gasteiger partial charge in [-0.3, -0.25) is 14.5 Å². The van der Waals surface area contributed by atoms with E-state index < -0.39 is 0 Å². The van der Waals surface area contributed by atoms with Crippen LogP contribution in [-0.4, -0.2) is 49.4 Å². The Morgan fingerprint density at radius 3 is 2.39 bits per heavy atom. The van der Waals surface area contributed by atoms with Crippen molar-refractivity contribution in [1.29, 1.82) is 0 Å². The van der Waals surface area contributed by atoms with Crippen molar-refractivity contribution in [3.05, 3.63) is 72.4 Å². The van der Waals surface area contributed by atoms with Gasteiger partial charge in [-0.15, -0.1) is 0 Å². The first-order chi connectivity index (χ1) is 13.7. The number of aromatic nitrogens is 1. The second-order valence-corrected chi connectivity index (χ2v) is 6.86. The minimum absolute atomic E-state index is 0.0170. The maximum absolute atomic E-state index is 12.5. The number of amides is 2. The topological polar surface area (TPSA) is 66.8 Å². The molecule has 1 aliphatic rings. The lowest BCUT2D eigenvalue weighted by Crippen LogP contribution is -2.52. The average molecular weight is 375 g/mol. The maximum atomic E-state index is 12.5. The van der Waals surface area contributed by atoms with E-state index in [1.54, 1.807) is 11.0 Å². The molecular weight excluding hydrogens is 352 g/mol. The average Bonchev–Trinajstić information content (AvgIpc) is 2.77. The van der Waals surface area contributed by atoms with Gasteiger partial charge in [-0.2, -0.15) is 0 Å². The summed E-state index contributed by atoms with van der Waals surface area (Å²) in [6.07, 6.45) is 1.90. The van der Waals surface area contributed by atoms with Crippen LogP contribution in [-0.2, 0) is 4.79 Å². The number of hydrogen-bond donors (Lipinski definition) is 1. The Balaban J connectivity index is 1.30. The van der Waals surface area contributed by atoms with E-state index in [-0.39, 0.29) is 18.4 Å². The van der Waals surface area contributed by atoms with Crippen LogP contribution >= 0.6 is 0 Å². The molecule has 142 valence electrons. The van der Waals surface area contributed by atoms with Gasteiger partial charge in [0.15, 0.2) is 0 Å². The van der Waals surface area contributed by atoms with E-state index >= 15 is 0 Å². The summed E-state index contributed by atoms with van der Waals surface area (Å²) >= 11 is 0. The summed E-state index contributed by atoms with van der Waals surface area (Å²) in [6, 6.07) is 19.4. The van der Waals surface area contributed by atoms with Crippen molar-refractivity contribution in [3.8, 4) is 0 Å². The van der Waals surface area contributed by atoms with Crippen LogP contribution in [0.2, 0.25) is 0 Å². The molecule has 1 aromatic heterocycles. The first kappa shape index (κ1) is 18.0. The normalized spacial score (nSPS) is 14.1. The highest BCUT2D eigenvalue weighted by atomic mass is 16.2. The van der Waals surface area contributed by atoms with Gasteiger partial charge in [0.2, 0.25) is 5.91 Å². The molecule has 0 aliphatic carbocycles. The summed E-state index contributed by atoms with van der Waals surface area (Å²) < 4.78 is 0. The number of pyridine rings is 1. The van der Waals surface area contributed by atoms with Gasteiger partial charge < -0.3 is 10.2 Å². The van der Waals surface area contributed by atoms with Crippen LogP contribution in [0.1, 0.15) is 10.4 Å². The number of rotatable bonds is 4. The van der Waals surface area contributed by atoms with Crippen LogP contribution in [0.4, 0.5) is 5.82 Å². The third-order valence-corrected chi connectivity index (χ3v) is 5.08. The van der Waals surface area contributed by atoms with Crippen molar-refractivity contribution in [2.75, 3.05) is 37.6 Å². The number of nitrogens with zero attached hydrogens (tertiary/aromatic N) is 2. The molecule has 28 heavy (non-hydrogen) atoms. The van der Waals surface area contributed by atoms with Crippen LogP contribution in [0, 0.1) is 0 Å². The molecule has 2 heterocycles. The van der Waals surface area contributed by atoms with Gasteiger partial charge in [0.05, 0.1) is 25.8 Å². The van der Waals surface area contributed by atoms with Crippen LogP contribution in [0.25, 0.3) is 10.8 Å². The highest BCUT2D eigenvalue weighted by molar-refractivity contribution is 6.00. The molecule has 2 N–H and O–H groups in total. The second-order valence-electron chi connectivity index (χ2n) is 6.86. The molecule has 1 fully saturated rings. The molecule has 2 aromatic carbocycles. The molecule has 0 atom stereocenters. The molecular formula is C22H23N4O2+. The molecule has 1 saturated heterocycles. The Hall–Kier alpha value is -3.41. The van der Waals surface area contributed by atoms with E-state index in [4.69, 9.17) is 0 Å². The molecule has 6 nitrogen and oxygen atoms in total. The highest BCUT2D eigenvalue weighted by Gasteiger charge is 2.26. The number of H-pyrrole nitrogens is 1. The van der Waals surface area contributed by atoms with Gasteiger partial charge in [-0.1, -0.05) is 36.4 Å². The van der Waals surface area contributed by atoms with Crippen LogP contribution in [0.15, 0.2) is 66.9 Å². The second kappa shape index (κ2) is 8.08. The number of nitrogens with one attached hydrogen (secondary N) is 2. The minimum Gasteiger partial charge on any atom is -0.343 e. The summed E-state index contributed by atoms with van der Waals surface area (Å²) in [5.74, 6) is 0.779. The molecule has 0 bridgehead atoms. The van der Waals surface area contributed by atoms with Gasteiger partial charge in [-0.05, 0) is 29.0 Å². The Morgan fingerprint density at radius 1 is 0.893 bits per heavy atom. The molecule has 1 aliphatic heterocycles. The number of hydrogen-bond acceptors (Lipinski definition) is 3. The molecule has 4 rings (SSSR count). The fourth-order valence-corrected chi connectivity index (χ4v) is 3.48. The third kappa shape index (κ3) is 3.96. The molecule has 0 radical (unpaired) electrons. The smallest absolute Gasteiger partial charge is 0.274 e. The fraction of sp³-hybridized carbons (Fsp3) is 0.227. The summed E-state index contributed by atoms with van der Waals surface area (Å²) in [4.78, 5) is 32.1. The van der Waals surface area contributed by atoms with Crippen LogP contribution < -0.4 is 15.2 Å². The zero-order valence-corrected chi connectivity index (χ0v) is 15.6. The van der Waals surface area contributed by atoms with Gasteiger partial charge in [0.25, 0.3) is 11.7 Å². The Bertz CT molecular complexity index is 982. The van der Waals surface area contributed by atoms with Crippen molar-refractivity contribution in [2.45, 2.75) is 0 Å². The predicted octanol–water partition coefficient (Wildman–Crippen LogP) is 1.73. The van der Waals surface area contributed by atoms with Crippen molar-refractivity contribution in [1.82, 2.24) is 10.2 Å². The SMILES string of the molecule is O=C(NCC(=O)N1CCN(c2cccc[nH+]2)CC1)c1ccc2ccccc2c1. The Labute approximate surface area is 163 Å². The number of carbonyl (C=O) groups is 2. The summed E-state index contributed by atoms with van der Waals surface area (Å²) in [5, 5.41) is 4.85. The lowest BCUT2D eigenvalue weighted by molar-refractivity contribution is -0.364. The Kier molecular flexibility index (Phi) is 5.19. The van der Waals surface area contributed by atoms with Gasteiger partial charge in [-0.25, -0.2) is 4.98 Å². The maximum Gasteiger partial charge on any atom is 0.274 e. The molecule has 0 unspecified atom stereocenters. The monoisotopic (exact) mass is 375 g/mol. The number of anilines is 1. The minimum atomic E-state index is -0.225. The largest absolute Gasteiger partial charge is 0.343 e. The highest BCUT2D eigenvalue weighted by Crippen LogP contribution is 2.15. The lowest BCUT2D eigenvalue weighted by atomic mass is 10.1. The van der Waals surface area contributed by atoms with E-state index in [9.17, 15) is 9.59 Å². The lowest BCUT2D eigenvalue weighted by Gasteiger charge is -2.31. The van der Waals surface area contributed by atoms with Gasteiger partial charge in [0, 0.05) is 11.6 Å². The van der Waals surface area contributed by atoms with Gasteiger partial charge in [0.1, 0.15) is 13.1 Å². The molecule has 0 saturated carbocycles. The number of aromatic amines is 1. The van der Waals surface area contributed by atoms with Crippen molar-refractivity contribution < 1.29 is 14.6 Å². The first-order valence-electron chi connectivity index (χ1n) is 9.47. The van der Waals surface area contributed by atoms with E-state index in [2.05, 4.69) is 15.2 Å². The molecule has 2 amide bonds. The van der Waals surface area contributed by atoms with E-state index in [0.29, 0.717) is 18.7 Å². The summed E-state index contributed by atoms with van der Waals surface area (Å²) in [6.45, 7) is 2.85.